The highest BCUT2D eigenvalue weighted by molar-refractivity contribution is 5.90. The van der Waals surface area contributed by atoms with Crippen LogP contribution >= 0.6 is 0 Å². The third-order valence-electron chi connectivity index (χ3n) is 7.89. The number of hydrogen-bond donors (Lipinski definition) is 0. The van der Waals surface area contributed by atoms with Gasteiger partial charge in [-0.15, -0.1) is 0 Å². The third-order valence-corrected chi connectivity index (χ3v) is 7.89. The number of benzene rings is 2. The molecule has 2 aliphatic rings. The molecule has 0 saturated heterocycles. The van der Waals surface area contributed by atoms with E-state index in [4.69, 9.17) is 9.47 Å². The summed E-state index contributed by atoms with van der Waals surface area (Å²) in [6, 6.07) is 12.9. The lowest BCUT2D eigenvalue weighted by Crippen LogP contribution is -2.35. The first-order chi connectivity index (χ1) is 15.6. The second kappa shape index (κ2) is 8.66. The van der Waals surface area contributed by atoms with Crippen LogP contribution < -0.4 is 4.74 Å². The number of carbonyl (C=O) groups excluding carboxylic acids is 1. The summed E-state index contributed by atoms with van der Waals surface area (Å²) in [5, 5.41) is 0. The van der Waals surface area contributed by atoms with Gasteiger partial charge in [0.05, 0.1) is 18.1 Å². The molecule has 0 radical (unpaired) electrons. The van der Waals surface area contributed by atoms with Crippen molar-refractivity contribution in [1.82, 2.24) is 0 Å². The largest absolute Gasteiger partial charge is 0.492 e. The van der Waals surface area contributed by atoms with Gasteiger partial charge in [-0.3, -0.25) is 0 Å². The molecule has 1 aliphatic heterocycles. The Balaban J connectivity index is 1.85. The first kappa shape index (κ1) is 23.6. The summed E-state index contributed by atoms with van der Waals surface area (Å²) in [6.07, 6.45) is 10.1. The van der Waals surface area contributed by atoms with Gasteiger partial charge in [-0.1, -0.05) is 77.5 Å². The molecule has 1 atom stereocenters. The van der Waals surface area contributed by atoms with Gasteiger partial charge in [0.25, 0.3) is 0 Å². The predicted octanol–water partition coefficient (Wildman–Crippen LogP) is 7.25. The molecule has 0 bridgehead atoms. The van der Waals surface area contributed by atoms with Crippen molar-refractivity contribution in [2.75, 3.05) is 13.7 Å². The predicted molar refractivity (Wildman–Crippen MR) is 134 cm³/mol. The average molecular weight is 447 g/mol. The zero-order valence-corrected chi connectivity index (χ0v) is 21.1. The molecular weight excluding hydrogens is 408 g/mol. The Morgan fingerprint density at radius 2 is 1.67 bits per heavy atom. The fourth-order valence-corrected chi connectivity index (χ4v) is 5.54. The summed E-state index contributed by atoms with van der Waals surface area (Å²) in [4.78, 5) is 12.1. The average Bonchev–Trinajstić information content (AvgIpc) is 3.18. The lowest BCUT2D eigenvalue weighted by Gasteiger charge is -2.43. The number of unbranched alkanes of at least 4 members (excludes halogenated alkanes) is 1. The maximum Gasteiger partial charge on any atom is 0.337 e. The molecule has 2 aromatic rings. The lowest BCUT2D eigenvalue weighted by atomic mass is 9.61. The van der Waals surface area contributed by atoms with Crippen molar-refractivity contribution in [2.45, 2.75) is 83.0 Å². The van der Waals surface area contributed by atoms with Crippen molar-refractivity contribution >= 4 is 5.97 Å². The molecule has 0 N–H and O–H groups in total. The van der Waals surface area contributed by atoms with Crippen LogP contribution in [0.5, 0.6) is 5.75 Å². The maximum absolute atomic E-state index is 12.1. The van der Waals surface area contributed by atoms with Crippen molar-refractivity contribution in [2.24, 2.45) is 0 Å². The zero-order chi connectivity index (χ0) is 23.9. The van der Waals surface area contributed by atoms with Crippen LogP contribution in [0.1, 0.15) is 99.3 Å². The van der Waals surface area contributed by atoms with Gasteiger partial charge in [0.15, 0.2) is 0 Å². The van der Waals surface area contributed by atoms with E-state index < -0.39 is 0 Å². The third kappa shape index (κ3) is 4.11. The number of hydrogen-bond acceptors (Lipinski definition) is 3. The number of esters is 1. The van der Waals surface area contributed by atoms with Crippen LogP contribution in [0.3, 0.4) is 0 Å². The van der Waals surface area contributed by atoms with Crippen molar-refractivity contribution in [3.63, 3.8) is 0 Å². The molecule has 0 saturated carbocycles. The van der Waals surface area contributed by atoms with Gasteiger partial charge in [-0.25, -0.2) is 4.79 Å². The van der Waals surface area contributed by atoms with E-state index in [9.17, 15) is 4.79 Å². The number of methoxy groups -OCH3 is 1. The first-order valence-electron chi connectivity index (χ1n) is 12.3. The summed E-state index contributed by atoms with van der Waals surface area (Å²) in [7, 11) is 1.41. The molecule has 0 fully saturated rings. The Hall–Kier alpha value is -2.55. The van der Waals surface area contributed by atoms with Gasteiger partial charge in [0.1, 0.15) is 12.4 Å². The van der Waals surface area contributed by atoms with E-state index in [0.717, 1.165) is 30.6 Å². The van der Waals surface area contributed by atoms with E-state index in [-0.39, 0.29) is 22.2 Å². The second-order valence-corrected chi connectivity index (χ2v) is 11.1. The molecular formula is C30H38O3. The summed E-state index contributed by atoms with van der Waals surface area (Å²) in [6.45, 7) is 12.3. The highest BCUT2D eigenvalue weighted by Crippen LogP contribution is 2.51. The van der Waals surface area contributed by atoms with E-state index in [0.29, 0.717) is 12.2 Å². The topological polar surface area (TPSA) is 35.5 Å². The molecule has 1 heterocycles. The first-order valence-corrected chi connectivity index (χ1v) is 12.3. The normalized spacial score (nSPS) is 22.5. The van der Waals surface area contributed by atoms with E-state index >= 15 is 0 Å². The summed E-state index contributed by atoms with van der Waals surface area (Å²) in [5.74, 6) is 0.457. The number of ether oxygens (including phenoxy) is 2. The Morgan fingerprint density at radius 1 is 0.970 bits per heavy atom. The maximum atomic E-state index is 12.1. The zero-order valence-electron chi connectivity index (χ0n) is 21.1. The van der Waals surface area contributed by atoms with Gasteiger partial charge in [-0.05, 0) is 65.3 Å². The summed E-state index contributed by atoms with van der Waals surface area (Å²) >= 11 is 0. The van der Waals surface area contributed by atoms with Crippen molar-refractivity contribution in [3.8, 4) is 5.75 Å². The molecule has 1 aliphatic carbocycles. The van der Waals surface area contributed by atoms with Crippen LogP contribution in [0.2, 0.25) is 0 Å². The van der Waals surface area contributed by atoms with Crippen molar-refractivity contribution in [3.05, 3.63) is 76.4 Å². The number of fused-ring (bicyclic) bond motifs is 2. The molecule has 0 aromatic heterocycles. The van der Waals surface area contributed by atoms with Crippen molar-refractivity contribution < 1.29 is 14.3 Å². The fourth-order valence-electron chi connectivity index (χ4n) is 5.54. The van der Waals surface area contributed by atoms with E-state index in [1.54, 1.807) is 0 Å². The van der Waals surface area contributed by atoms with Crippen LogP contribution in [0.15, 0.2) is 48.6 Å². The van der Waals surface area contributed by atoms with Gasteiger partial charge in [0.2, 0.25) is 0 Å². The highest BCUT2D eigenvalue weighted by atomic mass is 16.5. The second-order valence-electron chi connectivity index (χ2n) is 11.1. The minimum absolute atomic E-state index is 0.150. The molecule has 2 aromatic carbocycles. The lowest BCUT2D eigenvalue weighted by molar-refractivity contribution is 0.0600. The smallest absolute Gasteiger partial charge is 0.337 e. The molecule has 0 spiro atoms. The summed E-state index contributed by atoms with van der Waals surface area (Å²) < 4.78 is 11.2. The standard InChI is InChI=1S/C30H38O3/c1-7-8-9-10-15-30(20-33-26-18-21(27(31)32-6)11-13-24(26)30)22-12-14-23-25(19-22)29(4,5)17-16-28(23,2)3/h9-14,18-19H,7-8,15-17,20H2,1-6H3. The van der Waals surface area contributed by atoms with Crippen LogP contribution in [-0.2, 0) is 21.0 Å². The van der Waals surface area contributed by atoms with Crippen LogP contribution in [-0.4, -0.2) is 19.7 Å². The van der Waals surface area contributed by atoms with E-state index in [2.05, 4.69) is 71.0 Å². The van der Waals surface area contributed by atoms with E-state index in [1.807, 2.05) is 12.1 Å². The molecule has 33 heavy (non-hydrogen) atoms. The molecule has 3 nitrogen and oxygen atoms in total. The Morgan fingerprint density at radius 3 is 2.36 bits per heavy atom. The van der Waals surface area contributed by atoms with Crippen molar-refractivity contribution in [1.29, 1.82) is 0 Å². The van der Waals surface area contributed by atoms with E-state index in [1.165, 1.54) is 36.6 Å². The molecule has 176 valence electrons. The molecule has 4 rings (SSSR count). The molecule has 1 unspecified atom stereocenters. The van der Waals surface area contributed by atoms with Gasteiger partial charge in [-0.2, -0.15) is 0 Å². The minimum atomic E-state index is -0.334. The van der Waals surface area contributed by atoms with Gasteiger partial charge < -0.3 is 9.47 Å². The SMILES string of the molecule is CCCC=CCC1(c2ccc3c(c2)C(C)(C)CCC3(C)C)COc2cc(C(=O)OC)ccc21. The fraction of sp³-hybridized carbons (Fsp3) is 0.500. The highest BCUT2D eigenvalue weighted by Gasteiger charge is 2.44. The molecule has 3 heteroatoms. The van der Waals surface area contributed by atoms with Crippen LogP contribution in [0.25, 0.3) is 0 Å². The summed E-state index contributed by atoms with van der Waals surface area (Å²) in [5.41, 5.74) is 6.01. The Bertz CT molecular complexity index is 1080. The monoisotopic (exact) mass is 446 g/mol. The quantitative estimate of drug-likeness (QED) is 0.346. The Labute approximate surface area is 199 Å². The van der Waals surface area contributed by atoms with Gasteiger partial charge in [0, 0.05) is 5.56 Å². The number of carbonyl (C=O) groups is 1. The molecule has 0 amide bonds. The van der Waals surface area contributed by atoms with Crippen LogP contribution in [0.4, 0.5) is 0 Å². The Kier molecular flexibility index (Phi) is 6.20. The minimum Gasteiger partial charge on any atom is -0.492 e. The van der Waals surface area contributed by atoms with Crippen LogP contribution in [0, 0.1) is 0 Å². The van der Waals surface area contributed by atoms with Gasteiger partial charge >= 0.3 is 5.97 Å². The number of allylic oxidation sites excluding steroid dienone is 2. The number of rotatable bonds is 6.